The summed E-state index contributed by atoms with van der Waals surface area (Å²) in [6, 6.07) is 0. The van der Waals surface area contributed by atoms with E-state index >= 15 is 0 Å². The van der Waals surface area contributed by atoms with Crippen molar-refractivity contribution < 1.29 is 5.11 Å². The predicted molar refractivity (Wildman–Crippen MR) is 114 cm³/mol. The summed E-state index contributed by atoms with van der Waals surface area (Å²) in [4.78, 5) is 7.50. The van der Waals surface area contributed by atoms with Crippen LogP contribution in [0.25, 0.3) is 5.57 Å². The molecule has 2 fully saturated rings. The smallest absolute Gasteiger partial charge is 0.197 e. The molecule has 0 saturated heterocycles. The molecule has 4 aliphatic carbocycles. The highest BCUT2D eigenvalue weighted by Crippen LogP contribution is 2.66. The number of allylic oxidation sites excluding steroid dienone is 3. The lowest BCUT2D eigenvalue weighted by Gasteiger charge is -2.57. The van der Waals surface area contributed by atoms with Crippen molar-refractivity contribution in [2.45, 2.75) is 64.9 Å². The fourth-order valence-electron chi connectivity index (χ4n) is 7.10. The molecule has 4 aliphatic rings. The third-order valence-corrected chi connectivity index (χ3v) is 8.54. The molecule has 4 N–H and O–H groups in total. The van der Waals surface area contributed by atoms with Crippen LogP contribution in [0.5, 0.6) is 0 Å². The number of halogens is 1. The molecule has 27 heavy (non-hydrogen) atoms. The second-order valence-electron chi connectivity index (χ2n) is 9.65. The molecule has 148 valence electrons. The average Bonchev–Trinajstić information content (AvgIpc) is 3.18. The van der Waals surface area contributed by atoms with Gasteiger partial charge in [0.1, 0.15) is 0 Å². The lowest BCUT2D eigenvalue weighted by molar-refractivity contribution is -0.0238. The van der Waals surface area contributed by atoms with Crippen LogP contribution in [0.1, 0.15) is 64.5 Å². The Balaban J connectivity index is 0.00000180. The van der Waals surface area contributed by atoms with Crippen molar-refractivity contribution in [1.29, 1.82) is 0 Å². The Morgan fingerprint density at radius 2 is 1.89 bits per heavy atom. The quantitative estimate of drug-likeness (QED) is 0.551. The van der Waals surface area contributed by atoms with Gasteiger partial charge in [0, 0.05) is 0 Å². The van der Waals surface area contributed by atoms with E-state index in [-0.39, 0.29) is 28.5 Å². The van der Waals surface area contributed by atoms with Crippen molar-refractivity contribution in [3.05, 3.63) is 29.6 Å². The minimum Gasteiger partial charge on any atom is -0.393 e. The normalized spacial score (nSPS) is 42.9. The van der Waals surface area contributed by atoms with E-state index in [1.807, 2.05) is 6.20 Å². The number of aromatic amines is 1. The van der Waals surface area contributed by atoms with Crippen molar-refractivity contribution in [3.63, 3.8) is 0 Å². The van der Waals surface area contributed by atoms with E-state index in [9.17, 15) is 5.11 Å². The van der Waals surface area contributed by atoms with Gasteiger partial charge in [0.2, 0.25) is 0 Å². The summed E-state index contributed by atoms with van der Waals surface area (Å²) in [5.74, 6) is 2.75. The van der Waals surface area contributed by atoms with E-state index < -0.39 is 0 Å². The molecule has 6 atom stereocenters. The summed E-state index contributed by atoms with van der Waals surface area (Å²) in [6.07, 6.45) is 14.7. The van der Waals surface area contributed by atoms with Gasteiger partial charge >= 0.3 is 0 Å². The van der Waals surface area contributed by atoms with Crippen LogP contribution in [-0.4, -0.2) is 21.2 Å². The van der Waals surface area contributed by atoms with Crippen LogP contribution >= 0.6 is 17.0 Å². The van der Waals surface area contributed by atoms with Gasteiger partial charge in [-0.3, -0.25) is 0 Å². The Morgan fingerprint density at radius 1 is 1.11 bits per heavy atom. The van der Waals surface area contributed by atoms with Gasteiger partial charge in [0.25, 0.3) is 0 Å². The maximum Gasteiger partial charge on any atom is 0.197 e. The molecule has 0 spiro atoms. The van der Waals surface area contributed by atoms with Crippen LogP contribution in [-0.2, 0) is 0 Å². The van der Waals surface area contributed by atoms with Gasteiger partial charge in [-0.05, 0) is 79.1 Å². The SMILES string of the molecule is Br.C[C@]12CC[C@H](O)CC1=CC[C@@H]1[C@@H]2CC[C@]2(C)C(c3cnc(N)[nH]3)=CC[C@@H]12. The number of hydrogen-bond acceptors (Lipinski definition) is 3. The van der Waals surface area contributed by atoms with Crippen LogP contribution in [0.3, 0.4) is 0 Å². The zero-order valence-corrected chi connectivity index (χ0v) is 18.1. The van der Waals surface area contributed by atoms with E-state index in [1.165, 1.54) is 31.3 Å². The third-order valence-electron chi connectivity index (χ3n) is 8.54. The highest BCUT2D eigenvalue weighted by Gasteiger charge is 2.56. The summed E-state index contributed by atoms with van der Waals surface area (Å²) in [5, 5.41) is 10.1. The molecule has 5 heteroatoms. The number of aliphatic hydroxyl groups excluding tert-OH is 1. The van der Waals surface area contributed by atoms with Gasteiger partial charge in [-0.15, -0.1) is 17.0 Å². The van der Waals surface area contributed by atoms with Gasteiger partial charge < -0.3 is 15.8 Å². The standard InChI is InChI=1S/C22H31N3O.BrH/c1-21-9-7-14(26)11-13(21)3-4-15-16-5-6-18(19-12-24-20(23)25-19)22(16,2)10-8-17(15)21;/h3,6,12,14-17,26H,4-5,7-11H2,1-2H3,(H3,23,24,25);1H/t14-,15-,16-,17-,21-,22-;/m0./s1. The number of imidazole rings is 1. The molecule has 0 aromatic carbocycles. The monoisotopic (exact) mass is 433 g/mol. The maximum atomic E-state index is 10.1. The number of aliphatic hydroxyl groups is 1. The number of nitrogens with one attached hydrogen (secondary N) is 1. The molecule has 0 aliphatic heterocycles. The maximum absolute atomic E-state index is 10.1. The fourth-order valence-corrected chi connectivity index (χ4v) is 7.10. The number of fused-ring (bicyclic) bond motifs is 5. The summed E-state index contributed by atoms with van der Waals surface area (Å²) >= 11 is 0. The minimum absolute atomic E-state index is 0. The largest absolute Gasteiger partial charge is 0.393 e. The van der Waals surface area contributed by atoms with Crippen molar-refractivity contribution in [2.75, 3.05) is 5.73 Å². The molecule has 1 heterocycles. The van der Waals surface area contributed by atoms with Gasteiger partial charge in [-0.2, -0.15) is 0 Å². The molecule has 4 nitrogen and oxygen atoms in total. The van der Waals surface area contributed by atoms with Crippen LogP contribution in [0.2, 0.25) is 0 Å². The number of anilines is 1. The lowest BCUT2D eigenvalue weighted by atomic mass is 9.47. The zero-order valence-electron chi connectivity index (χ0n) is 16.4. The van der Waals surface area contributed by atoms with E-state index in [2.05, 4.69) is 36.0 Å². The Kier molecular flexibility index (Phi) is 4.62. The predicted octanol–water partition coefficient (Wildman–Crippen LogP) is 4.89. The van der Waals surface area contributed by atoms with Gasteiger partial charge in [-0.1, -0.05) is 31.6 Å². The molecule has 5 rings (SSSR count). The minimum atomic E-state index is -0.120. The topological polar surface area (TPSA) is 74.9 Å². The number of nitrogens with zero attached hydrogens (tertiary/aromatic N) is 1. The molecule has 1 aromatic rings. The molecule has 1 aromatic heterocycles. The van der Waals surface area contributed by atoms with E-state index in [4.69, 9.17) is 5.73 Å². The summed E-state index contributed by atoms with van der Waals surface area (Å²) < 4.78 is 0. The summed E-state index contributed by atoms with van der Waals surface area (Å²) in [7, 11) is 0. The van der Waals surface area contributed by atoms with Crippen molar-refractivity contribution in [2.24, 2.45) is 28.6 Å². The molecule has 0 bridgehead atoms. The van der Waals surface area contributed by atoms with Gasteiger partial charge in [0.15, 0.2) is 5.95 Å². The molecule has 0 unspecified atom stereocenters. The van der Waals surface area contributed by atoms with E-state index in [0.717, 1.165) is 36.8 Å². The van der Waals surface area contributed by atoms with Crippen molar-refractivity contribution >= 4 is 28.5 Å². The Hall–Kier alpha value is -1.07. The first kappa shape index (κ1) is 19.3. The first-order valence-corrected chi connectivity index (χ1v) is 10.3. The lowest BCUT2D eigenvalue weighted by Crippen LogP contribution is -2.49. The second-order valence-corrected chi connectivity index (χ2v) is 9.65. The van der Waals surface area contributed by atoms with Gasteiger partial charge in [-0.25, -0.2) is 4.98 Å². The molecule has 0 radical (unpaired) electrons. The number of hydrogen-bond donors (Lipinski definition) is 3. The summed E-state index contributed by atoms with van der Waals surface area (Å²) in [6.45, 7) is 4.96. The number of H-pyrrole nitrogens is 1. The second kappa shape index (κ2) is 6.48. The number of nitrogens with two attached hydrogens (primary N) is 1. The number of nitrogen functional groups attached to an aromatic ring is 1. The van der Waals surface area contributed by atoms with Gasteiger partial charge in [0.05, 0.1) is 18.0 Å². The molecular weight excluding hydrogens is 402 g/mol. The molecule has 0 amide bonds. The number of rotatable bonds is 1. The highest BCUT2D eigenvalue weighted by atomic mass is 79.9. The molecule has 2 saturated carbocycles. The van der Waals surface area contributed by atoms with Crippen molar-refractivity contribution in [1.82, 2.24) is 9.97 Å². The Bertz CT molecular complexity index is 799. The summed E-state index contributed by atoms with van der Waals surface area (Å²) in [5.41, 5.74) is 10.5. The van der Waals surface area contributed by atoms with E-state index in [1.54, 1.807) is 5.57 Å². The fraction of sp³-hybridized carbons (Fsp3) is 0.682. The van der Waals surface area contributed by atoms with Crippen LogP contribution < -0.4 is 5.73 Å². The van der Waals surface area contributed by atoms with Crippen molar-refractivity contribution in [3.8, 4) is 0 Å². The third kappa shape index (κ3) is 2.68. The zero-order chi connectivity index (χ0) is 18.1. The number of aromatic nitrogens is 2. The Labute approximate surface area is 172 Å². The molecular formula is C22H32BrN3O. The first-order chi connectivity index (χ1) is 12.4. The first-order valence-electron chi connectivity index (χ1n) is 10.3. The van der Waals surface area contributed by atoms with Crippen LogP contribution in [0, 0.1) is 28.6 Å². The highest BCUT2D eigenvalue weighted by molar-refractivity contribution is 8.93. The van der Waals surface area contributed by atoms with Crippen LogP contribution in [0.4, 0.5) is 5.95 Å². The Morgan fingerprint density at radius 3 is 2.63 bits per heavy atom. The van der Waals surface area contributed by atoms with Crippen LogP contribution in [0.15, 0.2) is 23.9 Å². The van der Waals surface area contributed by atoms with E-state index in [0.29, 0.717) is 17.3 Å². The average molecular weight is 434 g/mol.